The van der Waals surface area contributed by atoms with E-state index in [1.165, 1.54) is 31.0 Å². The topological polar surface area (TPSA) is 67.6 Å². The Balaban J connectivity index is 1.98. The van der Waals surface area contributed by atoms with Gasteiger partial charge in [0.15, 0.2) is 10.9 Å². The molecule has 5 nitrogen and oxygen atoms in total. The second-order valence-corrected chi connectivity index (χ2v) is 6.64. The Hall–Kier alpha value is -1.74. The molecule has 0 bridgehead atoms. The highest BCUT2D eigenvalue weighted by Gasteiger charge is 2.25. The summed E-state index contributed by atoms with van der Waals surface area (Å²) in [5, 5.41) is 18.3. The van der Waals surface area contributed by atoms with Crippen molar-refractivity contribution in [2.24, 2.45) is 0 Å². The van der Waals surface area contributed by atoms with Crippen LogP contribution in [0.4, 0.5) is 0 Å². The Morgan fingerprint density at radius 3 is 2.86 bits per heavy atom. The number of hydrogen-bond donors (Lipinski definition) is 0. The minimum atomic E-state index is -0.138. The van der Waals surface area contributed by atoms with Crippen LogP contribution in [-0.2, 0) is 0 Å². The number of nitrogens with zero attached hydrogens (tertiary/aromatic N) is 4. The quantitative estimate of drug-likeness (QED) is 0.797. The molecule has 2 aromatic heterocycles. The minimum Gasteiger partial charge on any atom is -0.461 e. The maximum absolute atomic E-state index is 9.04. The number of rotatable bonds is 4. The van der Waals surface area contributed by atoms with Gasteiger partial charge >= 0.3 is 0 Å². The van der Waals surface area contributed by atoms with Gasteiger partial charge in [0.05, 0.1) is 17.6 Å². The molecule has 0 N–H and O–H groups in total. The van der Waals surface area contributed by atoms with Crippen LogP contribution < -0.4 is 0 Å². The fraction of sp³-hybridized carbons (Fsp3) is 0.533. The van der Waals surface area contributed by atoms with Crippen molar-refractivity contribution in [3.63, 3.8) is 0 Å². The second kappa shape index (κ2) is 6.35. The summed E-state index contributed by atoms with van der Waals surface area (Å²) in [7, 11) is 0. The van der Waals surface area contributed by atoms with Crippen LogP contribution in [0.5, 0.6) is 0 Å². The maximum atomic E-state index is 9.04. The van der Waals surface area contributed by atoms with Gasteiger partial charge in [-0.1, -0.05) is 31.0 Å². The maximum Gasteiger partial charge on any atom is 0.200 e. The first-order chi connectivity index (χ1) is 10.3. The molecule has 1 aliphatic rings. The Morgan fingerprint density at radius 1 is 1.38 bits per heavy atom. The van der Waals surface area contributed by atoms with Crippen LogP contribution in [0.15, 0.2) is 28.0 Å². The molecule has 0 saturated heterocycles. The lowest BCUT2D eigenvalue weighted by molar-refractivity contribution is 0.337. The minimum absolute atomic E-state index is 0.138. The average Bonchev–Trinajstić information content (AvgIpc) is 3.17. The van der Waals surface area contributed by atoms with Crippen LogP contribution in [0.1, 0.15) is 45.1 Å². The Kier molecular flexibility index (Phi) is 4.30. The molecule has 0 aliphatic heterocycles. The molecule has 1 aliphatic carbocycles. The molecular weight excluding hydrogens is 284 g/mol. The van der Waals surface area contributed by atoms with Crippen molar-refractivity contribution in [3.05, 3.63) is 18.4 Å². The largest absolute Gasteiger partial charge is 0.461 e. The number of furan rings is 1. The van der Waals surface area contributed by atoms with Crippen LogP contribution in [-0.4, -0.2) is 20.0 Å². The van der Waals surface area contributed by atoms with Gasteiger partial charge in [0.25, 0.3) is 0 Å². The average molecular weight is 302 g/mol. The van der Waals surface area contributed by atoms with E-state index in [4.69, 9.17) is 9.68 Å². The molecule has 0 radical (unpaired) electrons. The molecule has 0 aromatic carbocycles. The van der Waals surface area contributed by atoms with Crippen molar-refractivity contribution < 1.29 is 4.42 Å². The third-order valence-corrected chi connectivity index (χ3v) is 4.76. The zero-order chi connectivity index (χ0) is 14.7. The van der Waals surface area contributed by atoms with Gasteiger partial charge in [-0.3, -0.25) is 4.57 Å². The summed E-state index contributed by atoms with van der Waals surface area (Å²) in [6.45, 7) is 1.89. The monoisotopic (exact) mass is 302 g/mol. The van der Waals surface area contributed by atoms with Crippen molar-refractivity contribution in [2.45, 2.75) is 55.5 Å². The molecule has 21 heavy (non-hydrogen) atoms. The highest BCUT2D eigenvalue weighted by molar-refractivity contribution is 8.00. The summed E-state index contributed by atoms with van der Waals surface area (Å²) < 4.78 is 7.68. The summed E-state index contributed by atoms with van der Waals surface area (Å²) in [5.41, 5.74) is 0. The lowest BCUT2D eigenvalue weighted by Crippen LogP contribution is -2.15. The van der Waals surface area contributed by atoms with E-state index in [1.807, 2.05) is 19.1 Å². The molecule has 2 aromatic rings. The van der Waals surface area contributed by atoms with E-state index in [2.05, 4.69) is 20.8 Å². The molecule has 1 saturated carbocycles. The first-order valence-electron chi connectivity index (χ1n) is 7.34. The smallest absolute Gasteiger partial charge is 0.200 e. The third-order valence-electron chi connectivity index (χ3n) is 3.81. The van der Waals surface area contributed by atoms with Crippen LogP contribution in [0.2, 0.25) is 0 Å². The fourth-order valence-electron chi connectivity index (χ4n) is 2.78. The summed E-state index contributed by atoms with van der Waals surface area (Å²) >= 11 is 1.47. The van der Waals surface area contributed by atoms with Gasteiger partial charge in [-0.15, -0.1) is 10.2 Å². The molecule has 6 heteroatoms. The number of hydrogen-bond acceptors (Lipinski definition) is 5. The van der Waals surface area contributed by atoms with Gasteiger partial charge in [0.1, 0.15) is 0 Å². The SMILES string of the molecule is C[C@H](C#N)Sc1nnc(-c2ccco2)n1C1CCCCC1. The lowest BCUT2D eigenvalue weighted by atomic mass is 9.95. The lowest BCUT2D eigenvalue weighted by Gasteiger charge is -2.25. The Morgan fingerprint density at radius 2 is 2.19 bits per heavy atom. The van der Waals surface area contributed by atoms with Crippen molar-refractivity contribution in [1.82, 2.24) is 14.8 Å². The first kappa shape index (κ1) is 14.2. The predicted molar refractivity (Wildman–Crippen MR) is 80.8 cm³/mol. The van der Waals surface area contributed by atoms with Crippen molar-refractivity contribution >= 4 is 11.8 Å². The summed E-state index contributed by atoms with van der Waals surface area (Å²) in [4.78, 5) is 0. The first-order valence-corrected chi connectivity index (χ1v) is 8.22. The predicted octanol–water partition coefficient (Wildman–Crippen LogP) is 4.05. The van der Waals surface area contributed by atoms with E-state index in [0.717, 1.165) is 29.6 Å². The van der Waals surface area contributed by atoms with Gasteiger partial charge in [0.2, 0.25) is 5.82 Å². The molecule has 3 rings (SSSR count). The van der Waals surface area contributed by atoms with Crippen LogP contribution in [0, 0.1) is 11.3 Å². The zero-order valence-electron chi connectivity index (χ0n) is 12.0. The van der Waals surface area contributed by atoms with Crippen molar-refractivity contribution in [2.75, 3.05) is 0 Å². The van der Waals surface area contributed by atoms with E-state index in [-0.39, 0.29) is 5.25 Å². The molecule has 2 heterocycles. The third kappa shape index (κ3) is 2.98. The van der Waals surface area contributed by atoms with Crippen LogP contribution in [0.3, 0.4) is 0 Å². The van der Waals surface area contributed by atoms with Crippen LogP contribution >= 0.6 is 11.8 Å². The van der Waals surface area contributed by atoms with Gasteiger partial charge < -0.3 is 4.42 Å². The second-order valence-electron chi connectivity index (χ2n) is 5.33. The zero-order valence-corrected chi connectivity index (χ0v) is 12.8. The molecule has 110 valence electrons. The highest BCUT2D eigenvalue weighted by Crippen LogP contribution is 2.36. The van der Waals surface area contributed by atoms with Crippen molar-refractivity contribution in [1.29, 1.82) is 5.26 Å². The number of thioether (sulfide) groups is 1. The van der Waals surface area contributed by atoms with E-state index < -0.39 is 0 Å². The van der Waals surface area contributed by atoms with E-state index >= 15 is 0 Å². The van der Waals surface area contributed by atoms with E-state index in [1.54, 1.807) is 6.26 Å². The number of nitriles is 1. The van der Waals surface area contributed by atoms with Gasteiger partial charge in [0, 0.05) is 6.04 Å². The standard InChI is InChI=1S/C15H18N4OS/c1-11(10-16)21-15-18-17-14(13-8-5-9-20-13)19(15)12-6-3-2-4-7-12/h5,8-9,11-12H,2-4,6-7H2,1H3/t11-/m1/s1. The van der Waals surface area contributed by atoms with Crippen molar-refractivity contribution in [3.8, 4) is 17.7 Å². The van der Waals surface area contributed by atoms with Crippen LogP contribution in [0.25, 0.3) is 11.6 Å². The highest BCUT2D eigenvalue weighted by atomic mass is 32.2. The van der Waals surface area contributed by atoms with Gasteiger partial charge in [-0.05, 0) is 31.9 Å². The molecular formula is C15H18N4OS. The normalized spacial score (nSPS) is 17.5. The summed E-state index contributed by atoms with van der Waals surface area (Å²) in [5.74, 6) is 1.52. The molecule has 1 fully saturated rings. The molecule has 1 atom stereocenters. The Labute approximate surface area is 128 Å². The van der Waals surface area contributed by atoms with Gasteiger partial charge in [-0.2, -0.15) is 5.26 Å². The summed E-state index contributed by atoms with van der Waals surface area (Å²) in [6.07, 6.45) is 7.70. The Bertz CT molecular complexity index is 623. The molecule has 0 spiro atoms. The van der Waals surface area contributed by atoms with E-state index in [9.17, 15) is 0 Å². The molecule has 0 amide bonds. The van der Waals surface area contributed by atoms with Gasteiger partial charge in [-0.25, -0.2) is 0 Å². The fourth-order valence-corrected chi connectivity index (χ4v) is 3.59. The molecule has 0 unspecified atom stereocenters. The van der Waals surface area contributed by atoms with E-state index in [0.29, 0.717) is 6.04 Å². The number of aromatic nitrogens is 3. The summed E-state index contributed by atoms with van der Waals surface area (Å²) in [6, 6.07) is 6.42.